The number of aryl methyl sites for hydroxylation is 1. The Hall–Kier alpha value is -3.57. The van der Waals surface area contributed by atoms with Gasteiger partial charge in [-0.1, -0.05) is 24.3 Å². The number of aromatic nitrogens is 2. The van der Waals surface area contributed by atoms with Crippen LogP contribution in [0.4, 0.5) is 4.39 Å². The van der Waals surface area contributed by atoms with E-state index in [4.69, 9.17) is 0 Å². The first-order valence-corrected chi connectivity index (χ1v) is 13.5. The zero-order valence-corrected chi connectivity index (χ0v) is 21.0. The highest BCUT2D eigenvalue weighted by Gasteiger charge is 2.47. The average molecular weight is 527 g/mol. The Kier molecular flexibility index (Phi) is 6.36. The predicted octanol–water partition coefficient (Wildman–Crippen LogP) is 2.70. The fourth-order valence-corrected chi connectivity index (χ4v) is 6.71. The number of sulfonamides is 1. The second-order valence-corrected chi connectivity index (χ2v) is 11.5. The largest absolute Gasteiger partial charge is 0.501 e. The molecule has 3 aliphatic rings. The minimum atomic E-state index is -3.99. The van der Waals surface area contributed by atoms with E-state index in [1.807, 2.05) is 0 Å². The number of amides is 1. The lowest BCUT2D eigenvalue weighted by Gasteiger charge is -2.36. The molecule has 1 fully saturated rings. The molecule has 1 amide bonds. The van der Waals surface area contributed by atoms with Crippen LogP contribution in [0, 0.1) is 18.7 Å². The molecule has 9 nitrogen and oxygen atoms in total. The van der Waals surface area contributed by atoms with Gasteiger partial charge in [-0.25, -0.2) is 17.8 Å². The zero-order valence-electron chi connectivity index (χ0n) is 20.2. The number of carbonyl (C=O) groups is 1. The lowest BCUT2D eigenvalue weighted by atomic mass is 9.78. The monoisotopic (exact) mass is 526 g/mol. The van der Waals surface area contributed by atoms with Gasteiger partial charge in [0.15, 0.2) is 5.69 Å². The third kappa shape index (κ3) is 4.76. The molecular weight excluding hydrogens is 499 g/mol. The van der Waals surface area contributed by atoms with Crippen LogP contribution in [-0.2, 0) is 28.7 Å². The first-order valence-electron chi connectivity index (χ1n) is 12.1. The molecule has 3 aromatic rings. The van der Waals surface area contributed by atoms with Gasteiger partial charge in [-0.15, -0.1) is 0 Å². The van der Waals surface area contributed by atoms with Gasteiger partial charge >= 0.3 is 0 Å². The van der Waals surface area contributed by atoms with Crippen molar-refractivity contribution in [2.75, 3.05) is 0 Å². The maximum atomic E-state index is 13.4. The number of carbonyl (C=O) groups excluding carboxylic acids is 1. The summed E-state index contributed by atoms with van der Waals surface area (Å²) < 4.78 is 44.2. The van der Waals surface area contributed by atoms with Crippen LogP contribution in [-0.4, -0.2) is 29.0 Å². The molecule has 0 saturated heterocycles. The van der Waals surface area contributed by atoms with Crippen LogP contribution in [0.25, 0.3) is 0 Å². The smallest absolute Gasteiger partial charge is 0.296 e. The summed E-state index contributed by atoms with van der Waals surface area (Å²) >= 11 is 0. The van der Waals surface area contributed by atoms with Crippen LogP contribution in [0.1, 0.15) is 53.1 Å². The summed E-state index contributed by atoms with van der Waals surface area (Å²) in [6.07, 6.45) is 2.12. The molecule has 2 bridgehead atoms. The first-order chi connectivity index (χ1) is 17.6. The van der Waals surface area contributed by atoms with Crippen molar-refractivity contribution in [3.05, 3.63) is 87.3 Å². The highest BCUT2D eigenvalue weighted by Crippen LogP contribution is 2.43. The molecule has 3 N–H and O–H groups in total. The molecule has 1 aromatic heterocycles. The van der Waals surface area contributed by atoms with E-state index in [0.717, 1.165) is 5.56 Å². The van der Waals surface area contributed by atoms with Crippen LogP contribution < -0.4 is 15.6 Å². The van der Waals surface area contributed by atoms with Gasteiger partial charge in [0.25, 0.3) is 11.5 Å². The minimum absolute atomic E-state index is 0.0197. The second-order valence-electron chi connectivity index (χ2n) is 9.81. The third-order valence-corrected chi connectivity index (χ3v) is 8.72. The van der Waals surface area contributed by atoms with E-state index in [-0.39, 0.29) is 29.7 Å². The van der Waals surface area contributed by atoms with E-state index in [2.05, 4.69) is 15.0 Å². The molecule has 2 aliphatic heterocycles. The Labute approximate surface area is 213 Å². The second kappa shape index (κ2) is 9.38. The van der Waals surface area contributed by atoms with E-state index in [9.17, 15) is 27.5 Å². The fourth-order valence-electron chi connectivity index (χ4n) is 5.19. The van der Waals surface area contributed by atoms with Gasteiger partial charge in [0.2, 0.25) is 15.8 Å². The quantitative estimate of drug-likeness (QED) is 0.453. The Bertz CT molecular complexity index is 1530. The number of rotatable bonds is 6. The summed E-state index contributed by atoms with van der Waals surface area (Å²) in [7, 11) is -3.99. The SMILES string of the molecule is Cc1cccc(S(=O)(=O)NC23CCC(CC2)Cn2c3nc(C(=O)NCc3ccc(F)cc3)c(O)c2=O)c1. The molecular formula is C26H27FN4O5S. The maximum absolute atomic E-state index is 13.4. The topological polar surface area (TPSA) is 130 Å². The number of halogens is 1. The molecule has 1 saturated carbocycles. The molecule has 0 unspecified atom stereocenters. The van der Waals surface area contributed by atoms with Gasteiger partial charge < -0.3 is 10.4 Å². The molecule has 194 valence electrons. The van der Waals surface area contributed by atoms with Crippen molar-refractivity contribution >= 4 is 15.9 Å². The highest BCUT2D eigenvalue weighted by molar-refractivity contribution is 7.89. The van der Waals surface area contributed by atoms with Crippen molar-refractivity contribution in [2.24, 2.45) is 5.92 Å². The summed E-state index contributed by atoms with van der Waals surface area (Å²) in [5, 5.41) is 13.2. The molecule has 37 heavy (non-hydrogen) atoms. The van der Waals surface area contributed by atoms with Gasteiger partial charge in [-0.3, -0.25) is 14.2 Å². The predicted molar refractivity (Wildman–Crippen MR) is 133 cm³/mol. The van der Waals surface area contributed by atoms with E-state index in [0.29, 0.717) is 31.2 Å². The Balaban J connectivity index is 1.54. The molecule has 0 atom stereocenters. The first kappa shape index (κ1) is 25.1. The van der Waals surface area contributed by atoms with Gasteiger partial charge in [0.05, 0.1) is 10.4 Å². The normalized spacial score (nSPS) is 20.8. The Morgan fingerprint density at radius 2 is 1.89 bits per heavy atom. The molecule has 11 heteroatoms. The number of benzene rings is 2. The average Bonchev–Trinajstić information content (AvgIpc) is 3.11. The van der Waals surface area contributed by atoms with Crippen molar-refractivity contribution in [3.63, 3.8) is 0 Å². The van der Waals surface area contributed by atoms with E-state index in [1.165, 1.54) is 34.9 Å². The maximum Gasteiger partial charge on any atom is 0.296 e. The molecule has 6 rings (SSSR count). The van der Waals surface area contributed by atoms with Crippen LogP contribution >= 0.6 is 0 Å². The zero-order chi connectivity index (χ0) is 26.4. The Morgan fingerprint density at radius 1 is 1.19 bits per heavy atom. The summed E-state index contributed by atoms with van der Waals surface area (Å²) in [4.78, 5) is 30.7. The van der Waals surface area contributed by atoms with Gasteiger partial charge in [-0.05, 0) is 73.9 Å². The van der Waals surface area contributed by atoms with Gasteiger partial charge in [-0.2, -0.15) is 4.72 Å². The molecule has 0 spiro atoms. The minimum Gasteiger partial charge on any atom is -0.501 e. The van der Waals surface area contributed by atoms with Crippen molar-refractivity contribution in [1.29, 1.82) is 0 Å². The summed E-state index contributed by atoms with van der Waals surface area (Å²) in [6, 6.07) is 12.0. The van der Waals surface area contributed by atoms with Crippen LogP contribution in [0.2, 0.25) is 0 Å². The van der Waals surface area contributed by atoms with E-state index < -0.39 is 44.3 Å². The lowest BCUT2D eigenvalue weighted by molar-refractivity contribution is 0.0941. The van der Waals surface area contributed by atoms with Crippen molar-refractivity contribution in [2.45, 2.75) is 56.1 Å². The van der Waals surface area contributed by atoms with E-state index in [1.54, 1.807) is 25.1 Å². The number of aromatic hydroxyl groups is 1. The molecule has 3 heterocycles. The van der Waals surface area contributed by atoms with Crippen molar-refractivity contribution in [1.82, 2.24) is 19.6 Å². The summed E-state index contributed by atoms with van der Waals surface area (Å²) in [5.41, 5.74) is -1.08. The fraction of sp³-hybridized carbons (Fsp3) is 0.346. The standard InChI is InChI=1S/C26H27FN4O5S/c1-16-3-2-4-20(13-16)37(35,36)30-26-11-9-18(10-12-26)15-31-24(34)22(32)21(29-25(26)31)23(33)28-14-17-5-7-19(27)8-6-17/h2-8,13,18,30,32H,9-12,14-15H2,1H3,(H,28,33). The van der Waals surface area contributed by atoms with Crippen LogP contribution in [0.3, 0.4) is 0 Å². The molecule has 1 aliphatic carbocycles. The van der Waals surface area contributed by atoms with Crippen molar-refractivity contribution < 1.29 is 22.7 Å². The summed E-state index contributed by atoms with van der Waals surface area (Å²) in [5.74, 6) is -1.76. The van der Waals surface area contributed by atoms with Crippen LogP contribution in [0.5, 0.6) is 5.75 Å². The highest BCUT2D eigenvalue weighted by atomic mass is 32.2. The third-order valence-electron chi connectivity index (χ3n) is 7.18. The van der Waals surface area contributed by atoms with Gasteiger partial charge in [0.1, 0.15) is 11.6 Å². The van der Waals surface area contributed by atoms with Gasteiger partial charge in [0, 0.05) is 13.1 Å². The van der Waals surface area contributed by atoms with Crippen molar-refractivity contribution in [3.8, 4) is 5.75 Å². The van der Waals surface area contributed by atoms with Crippen LogP contribution in [0.15, 0.2) is 58.2 Å². The number of nitrogens with zero attached hydrogens (tertiary/aromatic N) is 2. The number of hydrogen-bond donors (Lipinski definition) is 3. The number of nitrogens with one attached hydrogen (secondary N) is 2. The summed E-state index contributed by atoms with van der Waals surface area (Å²) in [6.45, 7) is 2.09. The Morgan fingerprint density at radius 3 is 2.57 bits per heavy atom. The lowest BCUT2D eigenvalue weighted by Crippen LogP contribution is -2.49. The number of hydrogen-bond acceptors (Lipinski definition) is 6. The number of fused-ring (bicyclic) bond motifs is 2. The molecule has 0 radical (unpaired) electrons. The van der Waals surface area contributed by atoms with E-state index >= 15 is 0 Å². The molecule has 2 aromatic carbocycles.